The number of nitrogens with one attached hydrogen (secondary N) is 1. The Kier molecular flexibility index (Phi) is 5.05. The zero-order valence-corrected chi connectivity index (χ0v) is 9.83. The van der Waals surface area contributed by atoms with E-state index in [4.69, 9.17) is 5.73 Å². The smallest absolute Gasteiger partial charge is 0.221 e. The van der Waals surface area contributed by atoms with Gasteiger partial charge in [0.2, 0.25) is 5.91 Å². The van der Waals surface area contributed by atoms with Crippen LogP contribution in [0.4, 0.5) is 0 Å². The van der Waals surface area contributed by atoms with E-state index in [0.717, 1.165) is 32.2 Å². The lowest BCUT2D eigenvalue weighted by Crippen LogP contribution is -2.41. The van der Waals surface area contributed by atoms with Crippen LogP contribution >= 0.6 is 0 Å². The first-order valence-corrected chi connectivity index (χ1v) is 5.77. The molecule has 1 amide bonds. The van der Waals surface area contributed by atoms with Crippen LogP contribution in [-0.4, -0.2) is 43.5 Å². The maximum atomic E-state index is 11.5. The summed E-state index contributed by atoms with van der Waals surface area (Å²) < 4.78 is 0. The molecule has 0 aliphatic heterocycles. The second-order valence-corrected chi connectivity index (χ2v) is 4.73. The fourth-order valence-electron chi connectivity index (χ4n) is 1.89. The molecule has 88 valence electrons. The molecule has 0 atom stereocenters. The third kappa shape index (κ3) is 5.14. The normalized spacial score (nSPS) is 26.7. The summed E-state index contributed by atoms with van der Waals surface area (Å²) in [5.74, 6) is 0.171. The van der Waals surface area contributed by atoms with E-state index >= 15 is 0 Å². The predicted molar refractivity (Wildman–Crippen MR) is 61.5 cm³/mol. The van der Waals surface area contributed by atoms with Crippen molar-refractivity contribution in [2.45, 2.75) is 44.2 Å². The Balaban J connectivity index is 2.15. The number of carbonyl (C=O) groups excluding carboxylic acids is 1. The zero-order chi connectivity index (χ0) is 11.3. The van der Waals surface area contributed by atoms with Gasteiger partial charge in [-0.05, 0) is 39.8 Å². The lowest BCUT2D eigenvalue weighted by molar-refractivity contribution is -0.122. The number of nitrogens with two attached hydrogens (primary N) is 1. The summed E-state index contributed by atoms with van der Waals surface area (Å²) in [7, 11) is 3.96. The maximum absolute atomic E-state index is 11.5. The van der Waals surface area contributed by atoms with Crippen molar-refractivity contribution in [3.05, 3.63) is 0 Å². The Morgan fingerprint density at radius 3 is 2.47 bits per heavy atom. The number of nitrogens with zero attached hydrogens (tertiary/aromatic N) is 1. The van der Waals surface area contributed by atoms with Gasteiger partial charge in [-0.15, -0.1) is 0 Å². The van der Waals surface area contributed by atoms with Gasteiger partial charge in [0.05, 0.1) is 0 Å². The molecule has 15 heavy (non-hydrogen) atoms. The van der Waals surface area contributed by atoms with Crippen molar-refractivity contribution in [2.24, 2.45) is 5.73 Å². The molecule has 0 aromatic carbocycles. The van der Waals surface area contributed by atoms with Crippen LogP contribution in [0.1, 0.15) is 32.1 Å². The molecule has 1 aliphatic carbocycles. The van der Waals surface area contributed by atoms with Gasteiger partial charge in [-0.2, -0.15) is 0 Å². The van der Waals surface area contributed by atoms with Crippen LogP contribution in [0.5, 0.6) is 0 Å². The van der Waals surface area contributed by atoms with Crippen LogP contribution in [0.3, 0.4) is 0 Å². The number of carbonyl (C=O) groups is 1. The molecule has 1 saturated carbocycles. The molecule has 0 aromatic rings. The quantitative estimate of drug-likeness (QED) is 0.707. The van der Waals surface area contributed by atoms with Crippen molar-refractivity contribution in [3.63, 3.8) is 0 Å². The van der Waals surface area contributed by atoms with Gasteiger partial charge in [0.25, 0.3) is 0 Å². The van der Waals surface area contributed by atoms with Gasteiger partial charge in [-0.1, -0.05) is 0 Å². The minimum absolute atomic E-state index is 0.171. The van der Waals surface area contributed by atoms with Crippen LogP contribution in [-0.2, 0) is 4.79 Å². The van der Waals surface area contributed by atoms with Gasteiger partial charge in [0, 0.05) is 25.0 Å². The lowest BCUT2D eigenvalue weighted by atomic mass is 9.92. The SMILES string of the molecule is CN(C)CCC(=O)NC1CCC(N)CC1. The van der Waals surface area contributed by atoms with Gasteiger partial charge in [0.15, 0.2) is 0 Å². The second kappa shape index (κ2) is 6.08. The van der Waals surface area contributed by atoms with E-state index in [1.165, 1.54) is 0 Å². The molecule has 0 saturated heterocycles. The molecule has 4 nitrogen and oxygen atoms in total. The average molecular weight is 213 g/mol. The maximum Gasteiger partial charge on any atom is 0.221 e. The molecular formula is C11H23N3O. The Morgan fingerprint density at radius 1 is 1.33 bits per heavy atom. The Morgan fingerprint density at radius 2 is 1.93 bits per heavy atom. The molecule has 0 heterocycles. The van der Waals surface area contributed by atoms with Crippen LogP contribution in [0.2, 0.25) is 0 Å². The van der Waals surface area contributed by atoms with Crippen molar-refractivity contribution in [3.8, 4) is 0 Å². The summed E-state index contributed by atoms with van der Waals surface area (Å²) in [6, 6.07) is 0.708. The summed E-state index contributed by atoms with van der Waals surface area (Å²) in [6.45, 7) is 0.818. The summed E-state index contributed by atoms with van der Waals surface area (Å²) in [5, 5.41) is 3.07. The standard InChI is InChI=1S/C11H23N3O/c1-14(2)8-7-11(15)13-10-5-3-9(12)4-6-10/h9-10H,3-8,12H2,1-2H3,(H,13,15). The molecular weight excluding hydrogens is 190 g/mol. The highest BCUT2D eigenvalue weighted by atomic mass is 16.1. The Hall–Kier alpha value is -0.610. The highest BCUT2D eigenvalue weighted by Crippen LogP contribution is 2.16. The molecule has 1 rings (SSSR count). The summed E-state index contributed by atoms with van der Waals surface area (Å²) in [6.07, 6.45) is 4.75. The summed E-state index contributed by atoms with van der Waals surface area (Å²) in [4.78, 5) is 13.6. The average Bonchev–Trinajstić information content (AvgIpc) is 2.19. The largest absolute Gasteiger partial charge is 0.353 e. The molecule has 1 fully saturated rings. The number of hydrogen-bond acceptors (Lipinski definition) is 3. The first kappa shape index (κ1) is 12.5. The van der Waals surface area contributed by atoms with Gasteiger partial charge in [-0.25, -0.2) is 0 Å². The van der Waals surface area contributed by atoms with E-state index in [2.05, 4.69) is 5.32 Å². The third-order valence-electron chi connectivity index (χ3n) is 2.92. The number of hydrogen-bond donors (Lipinski definition) is 2. The van der Waals surface area contributed by atoms with Crippen molar-refractivity contribution in [1.29, 1.82) is 0 Å². The van der Waals surface area contributed by atoms with E-state index in [1.807, 2.05) is 19.0 Å². The first-order chi connectivity index (χ1) is 7.08. The van der Waals surface area contributed by atoms with Crippen molar-refractivity contribution < 1.29 is 4.79 Å². The molecule has 0 aromatic heterocycles. The van der Waals surface area contributed by atoms with E-state index in [9.17, 15) is 4.79 Å². The lowest BCUT2D eigenvalue weighted by Gasteiger charge is -2.27. The molecule has 0 spiro atoms. The minimum atomic E-state index is 0.171. The van der Waals surface area contributed by atoms with Crippen LogP contribution in [0.25, 0.3) is 0 Å². The van der Waals surface area contributed by atoms with Gasteiger partial charge < -0.3 is 16.0 Å². The molecule has 0 radical (unpaired) electrons. The molecule has 0 bridgehead atoms. The number of rotatable bonds is 4. The molecule has 4 heteroatoms. The van der Waals surface area contributed by atoms with Gasteiger partial charge >= 0.3 is 0 Å². The Labute approximate surface area is 92.2 Å². The highest BCUT2D eigenvalue weighted by molar-refractivity contribution is 5.76. The van der Waals surface area contributed by atoms with Gasteiger partial charge in [0.1, 0.15) is 0 Å². The molecule has 3 N–H and O–H groups in total. The first-order valence-electron chi connectivity index (χ1n) is 5.77. The molecule has 0 unspecified atom stereocenters. The number of amides is 1. The zero-order valence-electron chi connectivity index (χ0n) is 9.83. The molecule has 1 aliphatic rings. The Bertz CT molecular complexity index is 198. The van der Waals surface area contributed by atoms with Crippen molar-refractivity contribution in [1.82, 2.24) is 10.2 Å². The monoisotopic (exact) mass is 213 g/mol. The van der Waals surface area contributed by atoms with Crippen LogP contribution < -0.4 is 11.1 Å². The third-order valence-corrected chi connectivity index (χ3v) is 2.92. The minimum Gasteiger partial charge on any atom is -0.353 e. The van der Waals surface area contributed by atoms with Crippen molar-refractivity contribution >= 4 is 5.91 Å². The van der Waals surface area contributed by atoms with E-state index < -0.39 is 0 Å². The van der Waals surface area contributed by atoms with Crippen LogP contribution in [0.15, 0.2) is 0 Å². The fourth-order valence-corrected chi connectivity index (χ4v) is 1.89. The van der Waals surface area contributed by atoms with E-state index in [-0.39, 0.29) is 5.91 Å². The predicted octanol–water partition coefficient (Wildman–Crippen LogP) is 0.324. The van der Waals surface area contributed by atoms with Crippen LogP contribution in [0, 0.1) is 0 Å². The highest BCUT2D eigenvalue weighted by Gasteiger charge is 2.19. The van der Waals surface area contributed by atoms with Crippen molar-refractivity contribution in [2.75, 3.05) is 20.6 Å². The van der Waals surface area contributed by atoms with Gasteiger partial charge in [-0.3, -0.25) is 4.79 Å². The summed E-state index contributed by atoms with van der Waals surface area (Å²) >= 11 is 0. The topological polar surface area (TPSA) is 58.4 Å². The second-order valence-electron chi connectivity index (χ2n) is 4.73. The van der Waals surface area contributed by atoms with E-state index in [0.29, 0.717) is 18.5 Å². The fraction of sp³-hybridized carbons (Fsp3) is 0.909. The summed E-state index contributed by atoms with van der Waals surface area (Å²) in [5.41, 5.74) is 5.81. The van der Waals surface area contributed by atoms with E-state index in [1.54, 1.807) is 0 Å².